The molecular formula is C22H27N5O3S. The van der Waals surface area contributed by atoms with E-state index in [1.165, 1.54) is 11.8 Å². The molecule has 2 amide bonds. The van der Waals surface area contributed by atoms with Gasteiger partial charge in [0.05, 0.1) is 24.7 Å². The monoisotopic (exact) mass is 441 g/mol. The van der Waals surface area contributed by atoms with Crippen molar-refractivity contribution in [2.75, 3.05) is 68.9 Å². The molecule has 3 heterocycles. The fourth-order valence-corrected chi connectivity index (χ4v) is 4.47. The van der Waals surface area contributed by atoms with E-state index >= 15 is 0 Å². The van der Waals surface area contributed by atoms with Crippen LogP contribution in [-0.2, 0) is 14.3 Å². The van der Waals surface area contributed by atoms with E-state index in [2.05, 4.69) is 9.88 Å². The second kappa shape index (κ2) is 10.6. The highest BCUT2D eigenvalue weighted by Crippen LogP contribution is 2.19. The number of ether oxygens (including phenoxy) is 1. The molecule has 0 bridgehead atoms. The summed E-state index contributed by atoms with van der Waals surface area (Å²) in [5.74, 6) is 2.44. The van der Waals surface area contributed by atoms with Gasteiger partial charge in [-0.15, -0.1) is 11.8 Å². The van der Waals surface area contributed by atoms with Gasteiger partial charge in [-0.1, -0.05) is 30.3 Å². The SMILES string of the molecule is O=C(CSCC(=O)N1CCN(c2ccnc(-c3ccccc3)n2)CC1)N1CCOCC1. The van der Waals surface area contributed by atoms with Crippen LogP contribution in [0.1, 0.15) is 0 Å². The third-order valence-corrected chi connectivity index (χ3v) is 6.35. The number of hydrogen-bond donors (Lipinski definition) is 0. The number of amides is 2. The Hall–Kier alpha value is -2.65. The molecule has 0 aliphatic carbocycles. The number of thioether (sulfide) groups is 1. The molecule has 2 saturated heterocycles. The van der Waals surface area contributed by atoms with Gasteiger partial charge in [-0.25, -0.2) is 9.97 Å². The average Bonchev–Trinajstić information content (AvgIpc) is 2.85. The first-order chi connectivity index (χ1) is 15.2. The molecule has 0 N–H and O–H groups in total. The van der Waals surface area contributed by atoms with Crippen LogP contribution in [0.3, 0.4) is 0 Å². The van der Waals surface area contributed by atoms with Crippen molar-refractivity contribution in [3.63, 3.8) is 0 Å². The number of benzene rings is 1. The molecule has 164 valence electrons. The molecule has 2 aliphatic heterocycles. The van der Waals surface area contributed by atoms with Gasteiger partial charge < -0.3 is 19.4 Å². The topological polar surface area (TPSA) is 78.9 Å². The summed E-state index contributed by atoms with van der Waals surface area (Å²) in [6.45, 7) is 5.25. The third-order valence-electron chi connectivity index (χ3n) is 5.44. The lowest BCUT2D eigenvalue weighted by Crippen LogP contribution is -2.49. The van der Waals surface area contributed by atoms with Gasteiger partial charge in [0.2, 0.25) is 11.8 Å². The van der Waals surface area contributed by atoms with E-state index in [4.69, 9.17) is 9.72 Å². The van der Waals surface area contributed by atoms with Crippen LogP contribution in [0.4, 0.5) is 5.82 Å². The van der Waals surface area contributed by atoms with Crippen molar-refractivity contribution in [3.8, 4) is 11.4 Å². The van der Waals surface area contributed by atoms with Crippen LogP contribution < -0.4 is 4.90 Å². The zero-order valence-corrected chi connectivity index (χ0v) is 18.3. The highest BCUT2D eigenvalue weighted by molar-refractivity contribution is 8.00. The number of anilines is 1. The number of morpholine rings is 1. The van der Waals surface area contributed by atoms with E-state index in [0.717, 1.165) is 24.5 Å². The van der Waals surface area contributed by atoms with E-state index in [9.17, 15) is 9.59 Å². The highest BCUT2D eigenvalue weighted by Gasteiger charge is 2.23. The maximum absolute atomic E-state index is 12.6. The number of nitrogens with zero attached hydrogens (tertiary/aromatic N) is 5. The van der Waals surface area contributed by atoms with Crippen molar-refractivity contribution >= 4 is 29.4 Å². The van der Waals surface area contributed by atoms with Crippen LogP contribution in [0.5, 0.6) is 0 Å². The summed E-state index contributed by atoms with van der Waals surface area (Å²) >= 11 is 1.40. The van der Waals surface area contributed by atoms with Gasteiger partial charge >= 0.3 is 0 Å². The molecule has 2 aromatic rings. The standard InChI is InChI=1S/C22H27N5O3S/c28-20(16-31-17-21(29)27-12-14-30-15-13-27)26-10-8-25(9-11-26)19-6-7-23-22(24-19)18-4-2-1-3-5-18/h1-7H,8-17H2. The summed E-state index contributed by atoms with van der Waals surface area (Å²) in [7, 11) is 0. The van der Waals surface area contributed by atoms with Crippen molar-refractivity contribution < 1.29 is 14.3 Å². The minimum absolute atomic E-state index is 0.0869. The lowest BCUT2D eigenvalue weighted by atomic mass is 10.2. The van der Waals surface area contributed by atoms with E-state index in [0.29, 0.717) is 56.7 Å². The van der Waals surface area contributed by atoms with E-state index in [-0.39, 0.29) is 11.8 Å². The van der Waals surface area contributed by atoms with Crippen LogP contribution in [-0.4, -0.2) is 95.6 Å². The molecule has 0 radical (unpaired) electrons. The van der Waals surface area contributed by atoms with Crippen molar-refractivity contribution in [1.29, 1.82) is 0 Å². The molecule has 1 aromatic carbocycles. The molecule has 31 heavy (non-hydrogen) atoms. The van der Waals surface area contributed by atoms with Gasteiger partial charge in [0.25, 0.3) is 0 Å². The first-order valence-corrected chi connectivity index (χ1v) is 11.7. The third kappa shape index (κ3) is 5.74. The van der Waals surface area contributed by atoms with Crippen molar-refractivity contribution in [2.45, 2.75) is 0 Å². The Kier molecular flexibility index (Phi) is 7.37. The van der Waals surface area contributed by atoms with Gasteiger partial charge in [0, 0.05) is 51.0 Å². The summed E-state index contributed by atoms with van der Waals surface area (Å²) in [6, 6.07) is 11.8. The van der Waals surface area contributed by atoms with Crippen LogP contribution in [0.25, 0.3) is 11.4 Å². The molecule has 8 nitrogen and oxygen atoms in total. The fraction of sp³-hybridized carbons (Fsp3) is 0.455. The second-order valence-electron chi connectivity index (χ2n) is 7.46. The van der Waals surface area contributed by atoms with Crippen LogP contribution in [0.2, 0.25) is 0 Å². The van der Waals surface area contributed by atoms with E-state index in [1.54, 1.807) is 6.20 Å². The van der Waals surface area contributed by atoms with E-state index < -0.39 is 0 Å². The number of hydrogen-bond acceptors (Lipinski definition) is 7. The molecule has 1 aromatic heterocycles. The molecule has 4 rings (SSSR count). The number of aromatic nitrogens is 2. The van der Waals surface area contributed by atoms with Crippen molar-refractivity contribution in [1.82, 2.24) is 19.8 Å². The normalized spacial score (nSPS) is 17.0. The predicted octanol–water partition coefficient (Wildman–Crippen LogP) is 1.38. The van der Waals surface area contributed by atoms with Gasteiger partial charge in [0.15, 0.2) is 5.82 Å². The summed E-state index contributed by atoms with van der Waals surface area (Å²) in [4.78, 5) is 39.7. The quantitative estimate of drug-likeness (QED) is 0.670. The van der Waals surface area contributed by atoms with E-state index in [1.807, 2.05) is 46.2 Å². The van der Waals surface area contributed by atoms with Crippen LogP contribution in [0, 0.1) is 0 Å². The van der Waals surface area contributed by atoms with Gasteiger partial charge in [-0.05, 0) is 6.07 Å². The van der Waals surface area contributed by atoms with Crippen molar-refractivity contribution in [3.05, 3.63) is 42.6 Å². The first kappa shape index (κ1) is 21.6. The summed E-state index contributed by atoms with van der Waals surface area (Å²) in [6.07, 6.45) is 1.78. The van der Waals surface area contributed by atoms with Crippen molar-refractivity contribution in [2.24, 2.45) is 0 Å². The lowest BCUT2D eigenvalue weighted by Gasteiger charge is -2.35. The Balaban J connectivity index is 1.23. The Morgan fingerprint density at radius 3 is 2.19 bits per heavy atom. The molecule has 0 saturated carbocycles. The summed E-state index contributed by atoms with van der Waals surface area (Å²) < 4.78 is 5.27. The maximum atomic E-state index is 12.6. The molecule has 9 heteroatoms. The second-order valence-corrected chi connectivity index (χ2v) is 8.44. The number of carbonyl (C=O) groups excluding carboxylic acids is 2. The van der Waals surface area contributed by atoms with Gasteiger partial charge in [-0.3, -0.25) is 9.59 Å². The molecule has 0 spiro atoms. The number of piperazine rings is 1. The molecule has 0 atom stereocenters. The largest absolute Gasteiger partial charge is 0.378 e. The zero-order chi connectivity index (χ0) is 21.5. The Labute approximate surface area is 186 Å². The van der Waals surface area contributed by atoms with Gasteiger partial charge in [-0.2, -0.15) is 0 Å². The smallest absolute Gasteiger partial charge is 0.232 e. The first-order valence-electron chi connectivity index (χ1n) is 10.5. The molecule has 0 unspecified atom stereocenters. The average molecular weight is 442 g/mol. The Bertz CT molecular complexity index is 884. The van der Waals surface area contributed by atoms with Crippen LogP contribution in [0.15, 0.2) is 42.6 Å². The molecule has 2 fully saturated rings. The van der Waals surface area contributed by atoms with Gasteiger partial charge in [0.1, 0.15) is 5.82 Å². The minimum atomic E-state index is 0.0869. The maximum Gasteiger partial charge on any atom is 0.232 e. The molecular weight excluding hydrogens is 414 g/mol. The number of rotatable bonds is 6. The number of carbonyl (C=O) groups is 2. The summed E-state index contributed by atoms with van der Waals surface area (Å²) in [5, 5.41) is 0. The lowest BCUT2D eigenvalue weighted by molar-refractivity contribution is -0.132. The zero-order valence-electron chi connectivity index (χ0n) is 17.5. The Morgan fingerprint density at radius 2 is 1.52 bits per heavy atom. The minimum Gasteiger partial charge on any atom is -0.378 e. The highest BCUT2D eigenvalue weighted by atomic mass is 32.2. The Morgan fingerprint density at radius 1 is 0.871 bits per heavy atom. The summed E-state index contributed by atoms with van der Waals surface area (Å²) in [5.41, 5.74) is 0.988. The molecule has 2 aliphatic rings. The predicted molar refractivity (Wildman–Crippen MR) is 121 cm³/mol. The van der Waals surface area contributed by atoms with Crippen LogP contribution >= 0.6 is 11.8 Å². The fourth-order valence-electron chi connectivity index (χ4n) is 3.66.